The third-order valence-electron chi connectivity index (χ3n) is 4.36. The number of aryl methyl sites for hydroxylation is 1. The molecule has 0 aromatic carbocycles. The molecule has 1 heterocycles. The molecule has 3 N–H and O–H groups in total. The summed E-state index contributed by atoms with van der Waals surface area (Å²) in [5.41, 5.74) is -1.44. The van der Waals surface area contributed by atoms with Crippen molar-refractivity contribution in [3.63, 3.8) is 0 Å². The Kier molecular flexibility index (Phi) is 8.71. The van der Waals surface area contributed by atoms with Gasteiger partial charge in [0.1, 0.15) is 5.78 Å². The Morgan fingerprint density at radius 2 is 1.48 bits per heavy atom. The van der Waals surface area contributed by atoms with Crippen molar-refractivity contribution in [2.24, 2.45) is 7.05 Å². The van der Waals surface area contributed by atoms with Gasteiger partial charge in [0.15, 0.2) is 5.78 Å². The molecule has 1 aliphatic rings. The maximum absolute atomic E-state index is 11.7. The summed E-state index contributed by atoms with van der Waals surface area (Å²) >= 11 is 0. The van der Waals surface area contributed by atoms with Crippen LogP contribution in [-0.4, -0.2) is 43.3 Å². The zero-order chi connectivity index (χ0) is 25.5. The van der Waals surface area contributed by atoms with Crippen molar-refractivity contribution in [3.05, 3.63) is 83.5 Å². The second-order valence-corrected chi connectivity index (χ2v) is 6.74. The van der Waals surface area contributed by atoms with Crippen molar-refractivity contribution in [2.75, 3.05) is 0 Å². The Bertz CT molecular complexity index is 1340. The molecule has 0 spiro atoms. The Morgan fingerprint density at radius 3 is 1.94 bits per heavy atom. The van der Waals surface area contributed by atoms with Gasteiger partial charge in [0.05, 0.1) is 19.6 Å². The van der Waals surface area contributed by atoms with Gasteiger partial charge in [0.25, 0.3) is 17.0 Å². The van der Waals surface area contributed by atoms with Gasteiger partial charge in [0.2, 0.25) is 0 Å². The average Bonchev–Trinajstić information content (AvgIpc) is 2.71. The number of ketones is 2. The highest BCUT2D eigenvalue weighted by molar-refractivity contribution is 6.13. The third kappa shape index (κ3) is 6.57. The summed E-state index contributed by atoms with van der Waals surface area (Å²) < 4.78 is 0.808. The van der Waals surface area contributed by atoms with E-state index in [1.807, 2.05) is 0 Å². The number of H-pyrrole nitrogens is 1. The van der Waals surface area contributed by atoms with E-state index >= 15 is 0 Å². The van der Waals surface area contributed by atoms with Gasteiger partial charge in [-0.15, -0.1) is 0 Å². The van der Waals surface area contributed by atoms with Crippen LogP contribution >= 0.6 is 0 Å². The maximum atomic E-state index is 11.7. The number of carboxylic acid groups (broad SMARTS) is 2. The van der Waals surface area contributed by atoms with Gasteiger partial charge < -0.3 is 15.2 Å². The Morgan fingerprint density at radius 1 is 0.970 bits per heavy atom. The van der Waals surface area contributed by atoms with E-state index in [1.165, 1.54) is 14.0 Å². The van der Waals surface area contributed by atoms with E-state index in [2.05, 4.69) is 14.7 Å². The number of nitrogens with zero attached hydrogens (tertiary/aromatic N) is 3. The lowest BCUT2D eigenvalue weighted by atomic mass is 9.90. The fraction of sp³-hybridized carbons (Fsp3) is 0.238. The van der Waals surface area contributed by atoms with Crippen LogP contribution in [0.25, 0.3) is 15.8 Å². The first kappa shape index (κ1) is 26.2. The average molecular weight is 454 g/mol. The zero-order valence-electron chi connectivity index (χ0n) is 17.8. The molecular formula is C21H18N4O8. The molecule has 0 bridgehead atoms. The van der Waals surface area contributed by atoms with E-state index in [0.29, 0.717) is 5.57 Å². The van der Waals surface area contributed by atoms with E-state index in [4.69, 9.17) is 23.4 Å². The second-order valence-electron chi connectivity index (χ2n) is 6.74. The summed E-state index contributed by atoms with van der Waals surface area (Å²) in [6, 6.07) is 0. The molecule has 0 amide bonds. The lowest BCUT2D eigenvalue weighted by Crippen LogP contribution is -2.35. The first-order valence-electron chi connectivity index (χ1n) is 9.03. The van der Waals surface area contributed by atoms with E-state index in [9.17, 15) is 28.8 Å². The largest absolute Gasteiger partial charge is 0.486 e. The summed E-state index contributed by atoms with van der Waals surface area (Å²) in [7, 11) is 1.26. The minimum atomic E-state index is -1.42. The van der Waals surface area contributed by atoms with Crippen LogP contribution in [0.15, 0.2) is 38.2 Å². The smallest absolute Gasteiger partial charge is 0.333 e. The number of nitrogens with one attached hydrogen (secondary N) is 1. The van der Waals surface area contributed by atoms with Crippen LogP contribution in [0.2, 0.25) is 0 Å². The number of aromatic nitrogens is 2. The van der Waals surface area contributed by atoms with E-state index in [-0.39, 0.29) is 35.5 Å². The lowest BCUT2D eigenvalue weighted by Gasteiger charge is -2.12. The van der Waals surface area contributed by atoms with Gasteiger partial charge in [-0.2, -0.15) is 0 Å². The standard InChI is InChI=1S/C11H9NO4.C10H9N3O4/c1-6-3-7(13)4-10(14)8(6)5-9(12-2)11(15)16;1-5-6(4-7(11-2)9(15)16)8(14)13(3)10(17)12-5/h5H,3-4H2,1H3,(H,15,16);4H,1,3H3,(H,12,17)(H,15,16)/b9-5-;7-4-. The topological polar surface area (TPSA) is 172 Å². The number of carbonyl (C=O) groups is 4. The molecule has 170 valence electrons. The quantitative estimate of drug-likeness (QED) is 0.341. The Balaban J connectivity index is 0.000000331. The van der Waals surface area contributed by atoms with Crippen molar-refractivity contribution < 1.29 is 29.4 Å². The monoisotopic (exact) mass is 454 g/mol. The maximum Gasteiger partial charge on any atom is 0.333 e. The number of carboxylic acids is 2. The number of hydrogen-bond acceptors (Lipinski definition) is 6. The molecule has 12 heteroatoms. The Labute approximate surface area is 186 Å². The van der Waals surface area contributed by atoms with Crippen LogP contribution < -0.4 is 11.2 Å². The van der Waals surface area contributed by atoms with Gasteiger partial charge >= 0.3 is 17.6 Å². The van der Waals surface area contributed by atoms with Crippen molar-refractivity contribution in [1.82, 2.24) is 9.55 Å². The van der Waals surface area contributed by atoms with Crippen LogP contribution in [0.1, 0.15) is 31.0 Å². The molecule has 1 aromatic rings. The molecule has 12 nitrogen and oxygen atoms in total. The molecule has 0 fully saturated rings. The normalized spacial score (nSPS) is 14.1. The van der Waals surface area contributed by atoms with Crippen LogP contribution in [-0.2, 0) is 26.2 Å². The minimum Gasteiger partial charge on any atom is -0.486 e. The second kappa shape index (κ2) is 11.0. The molecular weight excluding hydrogens is 436 g/mol. The summed E-state index contributed by atoms with van der Waals surface area (Å²) in [6.45, 7) is 16.4. The minimum absolute atomic E-state index is 0.0134. The zero-order valence-corrected chi connectivity index (χ0v) is 17.8. The predicted octanol–water partition coefficient (Wildman–Crippen LogP) is 0.850. The van der Waals surface area contributed by atoms with Gasteiger partial charge in [-0.25, -0.2) is 14.5 Å². The molecule has 0 radical (unpaired) electrons. The van der Waals surface area contributed by atoms with Crippen LogP contribution in [0.5, 0.6) is 0 Å². The molecule has 2 rings (SSSR count). The third-order valence-corrected chi connectivity index (χ3v) is 4.36. The summed E-state index contributed by atoms with van der Waals surface area (Å²) in [5, 5.41) is 17.3. The predicted molar refractivity (Wildman–Crippen MR) is 114 cm³/mol. The van der Waals surface area contributed by atoms with Crippen LogP contribution in [0.4, 0.5) is 0 Å². The molecule has 1 aromatic heterocycles. The first-order valence-corrected chi connectivity index (χ1v) is 9.03. The number of aromatic amines is 1. The van der Waals surface area contributed by atoms with Gasteiger partial charge in [-0.05, 0) is 26.0 Å². The summed E-state index contributed by atoms with van der Waals surface area (Å²) in [5.74, 6) is -3.40. The molecule has 33 heavy (non-hydrogen) atoms. The summed E-state index contributed by atoms with van der Waals surface area (Å²) in [4.78, 5) is 74.7. The van der Waals surface area contributed by atoms with E-state index in [0.717, 1.165) is 16.7 Å². The highest BCUT2D eigenvalue weighted by Crippen LogP contribution is 2.21. The number of allylic oxidation sites excluding steroid dienone is 3. The van der Waals surface area contributed by atoms with Crippen molar-refractivity contribution >= 4 is 29.6 Å². The van der Waals surface area contributed by atoms with Crippen LogP contribution in [0.3, 0.4) is 0 Å². The number of hydrogen-bond donors (Lipinski definition) is 3. The fourth-order valence-electron chi connectivity index (χ4n) is 2.64. The lowest BCUT2D eigenvalue weighted by molar-refractivity contribution is -0.133. The number of rotatable bonds is 4. The van der Waals surface area contributed by atoms with Gasteiger partial charge in [-0.1, -0.05) is 5.57 Å². The van der Waals surface area contributed by atoms with Gasteiger partial charge in [-0.3, -0.25) is 28.5 Å². The highest BCUT2D eigenvalue weighted by atomic mass is 16.4. The number of aliphatic carboxylic acids is 2. The summed E-state index contributed by atoms with van der Waals surface area (Å²) in [6.07, 6.45) is 1.92. The molecule has 0 aliphatic heterocycles. The highest BCUT2D eigenvalue weighted by Gasteiger charge is 2.23. The van der Waals surface area contributed by atoms with Crippen LogP contribution in [0, 0.1) is 20.1 Å². The van der Waals surface area contributed by atoms with Crippen molar-refractivity contribution in [1.29, 1.82) is 0 Å². The number of Topliss-reactive ketones (excluding diaryl/α,β-unsaturated/α-hetero) is 2. The van der Waals surface area contributed by atoms with Crippen molar-refractivity contribution in [2.45, 2.75) is 26.7 Å². The van der Waals surface area contributed by atoms with E-state index < -0.39 is 40.4 Å². The fourth-order valence-corrected chi connectivity index (χ4v) is 2.64. The Hall–Kier alpha value is -4.84. The molecule has 0 saturated heterocycles. The molecule has 0 unspecified atom stereocenters. The SMILES string of the molecule is [C-]#[N+]/C(=C\C1=C(C)CC(=O)CC1=O)C(=O)O.[C-]#[N+]/C(=C\c1c(C)[nH]c(=O)n(C)c1=O)C(=O)O. The molecule has 0 saturated carbocycles. The number of carbonyl (C=O) groups excluding carboxylic acids is 2. The molecule has 0 atom stereocenters. The van der Waals surface area contributed by atoms with E-state index in [1.54, 1.807) is 6.92 Å². The van der Waals surface area contributed by atoms with Crippen molar-refractivity contribution in [3.8, 4) is 0 Å². The first-order chi connectivity index (χ1) is 15.3. The van der Waals surface area contributed by atoms with Gasteiger partial charge in [0, 0.05) is 30.3 Å². The molecule has 1 aliphatic carbocycles.